The molecule has 3 aromatic rings. The Balaban J connectivity index is 1.61. The summed E-state index contributed by atoms with van der Waals surface area (Å²) in [6, 6.07) is 14.5. The second-order valence-corrected chi connectivity index (χ2v) is 9.23. The average molecular weight is 395 g/mol. The lowest BCUT2D eigenvalue weighted by Crippen LogP contribution is -2.08. The predicted octanol–water partition coefficient (Wildman–Crippen LogP) is 3.97. The number of ketones is 1. The molecular weight excluding hydrogens is 374 g/mol. The Morgan fingerprint density at radius 2 is 1.64 bits per heavy atom. The van der Waals surface area contributed by atoms with Crippen LogP contribution in [0.1, 0.15) is 51.6 Å². The van der Waals surface area contributed by atoms with Crippen LogP contribution in [0.15, 0.2) is 64.1 Å². The van der Waals surface area contributed by atoms with Crippen molar-refractivity contribution >= 4 is 15.6 Å². The standard InChI is InChI=1S/C22H21NO4S/c1-28(25,26)20-9-5-3-7-16(20)11-10-15-6-2-4-8-18(15)21(24)19-14-23-27-22(19)17-12-13-17/h2-9,14,17H,10-13H2,1H3. The Morgan fingerprint density at radius 1 is 1.00 bits per heavy atom. The molecule has 1 fully saturated rings. The van der Waals surface area contributed by atoms with E-state index in [-0.39, 0.29) is 5.78 Å². The van der Waals surface area contributed by atoms with Crippen LogP contribution in [0, 0.1) is 0 Å². The molecule has 0 spiro atoms. The third-order valence-electron chi connectivity index (χ3n) is 5.09. The highest BCUT2D eigenvalue weighted by Gasteiger charge is 2.33. The molecule has 0 radical (unpaired) electrons. The molecule has 1 aliphatic rings. The van der Waals surface area contributed by atoms with Crippen LogP contribution in [0.3, 0.4) is 0 Å². The number of hydrogen-bond acceptors (Lipinski definition) is 5. The Hall–Kier alpha value is -2.73. The minimum atomic E-state index is -3.30. The monoisotopic (exact) mass is 395 g/mol. The van der Waals surface area contributed by atoms with Gasteiger partial charge in [-0.25, -0.2) is 8.42 Å². The molecule has 0 aliphatic heterocycles. The number of benzene rings is 2. The predicted molar refractivity (Wildman–Crippen MR) is 105 cm³/mol. The molecular formula is C22H21NO4S. The van der Waals surface area contributed by atoms with Gasteiger partial charge in [0.1, 0.15) is 0 Å². The highest BCUT2D eigenvalue weighted by atomic mass is 32.2. The summed E-state index contributed by atoms with van der Waals surface area (Å²) >= 11 is 0. The van der Waals surface area contributed by atoms with Gasteiger partial charge in [0.15, 0.2) is 21.4 Å². The average Bonchev–Trinajstić information content (AvgIpc) is 3.42. The highest BCUT2D eigenvalue weighted by molar-refractivity contribution is 7.90. The van der Waals surface area contributed by atoms with Gasteiger partial charge in [-0.1, -0.05) is 47.6 Å². The van der Waals surface area contributed by atoms with Gasteiger partial charge in [-0.05, 0) is 42.9 Å². The molecule has 0 bridgehead atoms. The van der Waals surface area contributed by atoms with E-state index in [1.165, 1.54) is 12.5 Å². The van der Waals surface area contributed by atoms with Crippen molar-refractivity contribution in [2.45, 2.75) is 36.5 Å². The molecule has 0 unspecified atom stereocenters. The van der Waals surface area contributed by atoms with E-state index >= 15 is 0 Å². The van der Waals surface area contributed by atoms with Crippen molar-refractivity contribution in [1.29, 1.82) is 0 Å². The minimum Gasteiger partial charge on any atom is -0.360 e. The van der Waals surface area contributed by atoms with E-state index in [1.54, 1.807) is 12.1 Å². The number of sulfone groups is 1. The number of nitrogens with zero attached hydrogens (tertiary/aromatic N) is 1. The first-order valence-electron chi connectivity index (χ1n) is 9.30. The molecule has 2 aromatic carbocycles. The van der Waals surface area contributed by atoms with E-state index in [1.807, 2.05) is 36.4 Å². The van der Waals surface area contributed by atoms with E-state index in [4.69, 9.17) is 4.52 Å². The van der Waals surface area contributed by atoms with Gasteiger partial charge in [-0.2, -0.15) is 0 Å². The molecule has 4 rings (SSSR count). The number of aromatic nitrogens is 1. The zero-order valence-corrected chi connectivity index (χ0v) is 16.4. The second kappa shape index (κ2) is 7.36. The number of aryl methyl sites for hydroxylation is 2. The van der Waals surface area contributed by atoms with Crippen LogP contribution in [0.2, 0.25) is 0 Å². The van der Waals surface area contributed by atoms with Gasteiger partial charge in [0.2, 0.25) is 0 Å². The molecule has 0 saturated heterocycles. The number of hydrogen-bond donors (Lipinski definition) is 0. The largest absolute Gasteiger partial charge is 0.360 e. The van der Waals surface area contributed by atoms with Crippen molar-refractivity contribution in [3.05, 3.63) is 82.7 Å². The summed E-state index contributed by atoms with van der Waals surface area (Å²) in [5, 5.41) is 3.83. The fraction of sp³-hybridized carbons (Fsp3) is 0.273. The van der Waals surface area contributed by atoms with Crippen LogP contribution in [-0.2, 0) is 22.7 Å². The lowest BCUT2D eigenvalue weighted by Gasteiger charge is -2.11. The summed E-state index contributed by atoms with van der Waals surface area (Å²) in [7, 11) is -3.30. The van der Waals surface area contributed by atoms with Gasteiger partial charge in [-0.3, -0.25) is 4.79 Å². The van der Waals surface area contributed by atoms with Gasteiger partial charge in [0.25, 0.3) is 0 Å². The molecule has 144 valence electrons. The van der Waals surface area contributed by atoms with Crippen LogP contribution >= 0.6 is 0 Å². The first-order chi connectivity index (χ1) is 13.4. The van der Waals surface area contributed by atoms with Crippen LogP contribution in [0.25, 0.3) is 0 Å². The Labute approximate surface area is 164 Å². The van der Waals surface area contributed by atoms with Gasteiger partial charge >= 0.3 is 0 Å². The maximum Gasteiger partial charge on any atom is 0.198 e. The van der Waals surface area contributed by atoms with Crippen molar-refractivity contribution < 1.29 is 17.7 Å². The molecule has 0 N–H and O–H groups in total. The van der Waals surface area contributed by atoms with E-state index < -0.39 is 9.84 Å². The lowest BCUT2D eigenvalue weighted by atomic mass is 9.94. The quantitative estimate of drug-likeness (QED) is 0.566. The van der Waals surface area contributed by atoms with Crippen molar-refractivity contribution in [1.82, 2.24) is 5.16 Å². The molecule has 1 heterocycles. The lowest BCUT2D eigenvalue weighted by molar-refractivity contribution is 0.103. The summed E-state index contributed by atoms with van der Waals surface area (Å²) < 4.78 is 29.4. The Morgan fingerprint density at radius 3 is 2.36 bits per heavy atom. The summed E-state index contributed by atoms with van der Waals surface area (Å²) in [5.74, 6) is 0.896. The van der Waals surface area contributed by atoms with Crippen LogP contribution < -0.4 is 0 Å². The normalized spacial score (nSPS) is 14.2. The zero-order chi connectivity index (χ0) is 19.7. The summed E-state index contributed by atoms with van der Waals surface area (Å²) in [6.07, 6.45) is 5.88. The first kappa shape index (κ1) is 18.6. The van der Waals surface area contributed by atoms with E-state index in [2.05, 4.69) is 5.16 Å². The maximum atomic E-state index is 13.1. The zero-order valence-electron chi connectivity index (χ0n) is 15.6. The molecule has 1 aromatic heterocycles. The number of carbonyl (C=O) groups excluding carboxylic acids is 1. The number of carbonyl (C=O) groups is 1. The van der Waals surface area contributed by atoms with Gasteiger partial charge in [0.05, 0.1) is 16.7 Å². The van der Waals surface area contributed by atoms with Gasteiger partial charge < -0.3 is 4.52 Å². The third-order valence-corrected chi connectivity index (χ3v) is 6.29. The highest BCUT2D eigenvalue weighted by Crippen LogP contribution is 2.42. The van der Waals surface area contributed by atoms with Crippen LogP contribution in [-0.4, -0.2) is 25.6 Å². The summed E-state index contributed by atoms with van der Waals surface area (Å²) in [4.78, 5) is 13.5. The third kappa shape index (κ3) is 3.78. The SMILES string of the molecule is CS(=O)(=O)c1ccccc1CCc1ccccc1C(=O)c1cnoc1C1CC1. The van der Waals surface area contributed by atoms with Crippen molar-refractivity contribution in [2.75, 3.05) is 6.26 Å². The van der Waals surface area contributed by atoms with E-state index in [9.17, 15) is 13.2 Å². The van der Waals surface area contributed by atoms with Crippen LogP contribution in [0.5, 0.6) is 0 Å². The number of rotatable bonds is 7. The Kier molecular flexibility index (Phi) is 4.89. The molecule has 1 saturated carbocycles. The Bertz CT molecular complexity index is 1130. The molecule has 1 aliphatic carbocycles. The van der Waals surface area contributed by atoms with E-state index in [0.717, 1.165) is 24.0 Å². The fourth-order valence-electron chi connectivity index (χ4n) is 3.51. The molecule has 5 nitrogen and oxygen atoms in total. The summed E-state index contributed by atoms with van der Waals surface area (Å²) in [6.45, 7) is 0. The minimum absolute atomic E-state index is 0.0878. The molecule has 28 heavy (non-hydrogen) atoms. The van der Waals surface area contributed by atoms with E-state index in [0.29, 0.717) is 40.5 Å². The second-order valence-electron chi connectivity index (χ2n) is 7.24. The summed E-state index contributed by atoms with van der Waals surface area (Å²) in [5.41, 5.74) is 2.80. The molecule has 0 atom stereocenters. The topological polar surface area (TPSA) is 77.2 Å². The van der Waals surface area contributed by atoms with Crippen LogP contribution in [0.4, 0.5) is 0 Å². The molecule has 0 amide bonds. The maximum absolute atomic E-state index is 13.1. The van der Waals surface area contributed by atoms with Crippen molar-refractivity contribution in [3.8, 4) is 0 Å². The van der Waals surface area contributed by atoms with Gasteiger partial charge in [-0.15, -0.1) is 0 Å². The van der Waals surface area contributed by atoms with Gasteiger partial charge in [0, 0.05) is 17.7 Å². The van der Waals surface area contributed by atoms with Crippen molar-refractivity contribution in [2.24, 2.45) is 0 Å². The smallest absolute Gasteiger partial charge is 0.198 e. The first-order valence-corrected chi connectivity index (χ1v) is 11.2. The molecule has 6 heteroatoms. The van der Waals surface area contributed by atoms with Crippen molar-refractivity contribution in [3.63, 3.8) is 0 Å². The fourth-order valence-corrected chi connectivity index (χ4v) is 4.48.